The molecule has 1 fully saturated rings. The lowest BCUT2D eigenvalue weighted by molar-refractivity contribution is -0.122. The molecule has 1 aliphatic rings. The molecule has 7 nitrogen and oxygen atoms in total. The average Bonchev–Trinajstić information content (AvgIpc) is 2.74. The Morgan fingerprint density at radius 2 is 1.66 bits per heavy atom. The average molecular weight is 396 g/mol. The smallest absolute Gasteiger partial charge is 0.319 e. The second kappa shape index (κ2) is 10.6. The standard InChI is InChI=1S/C22H28N4O3/c1-17(24-22(28)25-20-9-3-2-4-10-20)21(27)23-15-18-7-5-6-8-19(18)16-26-11-13-29-14-12-26/h2-10,17H,11-16H2,1H3,(H,23,27)(H2,24,25,28)/t17-/m0/s1. The SMILES string of the molecule is C[C@H](NC(=O)Nc1ccccc1)C(=O)NCc1ccccc1CN1CCOCC1. The maximum absolute atomic E-state index is 12.4. The molecule has 0 unspecified atom stereocenters. The van der Waals surface area contributed by atoms with Gasteiger partial charge in [-0.3, -0.25) is 9.69 Å². The summed E-state index contributed by atoms with van der Waals surface area (Å²) in [5.74, 6) is -0.227. The van der Waals surface area contributed by atoms with E-state index in [9.17, 15) is 9.59 Å². The van der Waals surface area contributed by atoms with E-state index in [-0.39, 0.29) is 5.91 Å². The van der Waals surface area contributed by atoms with Crippen LogP contribution < -0.4 is 16.0 Å². The predicted octanol–water partition coefficient (Wildman–Crippen LogP) is 2.35. The highest BCUT2D eigenvalue weighted by Crippen LogP contribution is 2.13. The fourth-order valence-corrected chi connectivity index (χ4v) is 3.17. The number of benzene rings is 2. The number of rotatable bonds is 7. The van der Waals surface area contributed by atoms with Crippen LogP contribution in [0.2, 0.25) is 0 Å². The topological polar surface area (TPSA) is 82.7 Å². The molecule has 2 aromatic rings. The lowest BCUT2D eigenvalue weighted by Gasteiger charge is -2.27. The van der Waals surface area contributed by atoms with E-state index in [0.717, 1.165) is 38.4 Å². The number of nitrogens with zero attached hydrogens (tertiary/aromatic N) is 1. The Labute approximate surface area is 171 Å². The van der Waals surface area contributed by atoms with E-state index in [4.69, 9.17) is 4.74 Å². The van der Waals surface area contributed by atoms with Gasteiger partial charge in [0.25, 0.3) is 0 Å². The zero-order chi connectivity index (χ0) is 20.5. The molecule has 2 aromatic carbocycles. The Balaban J connectivity index is 1.48. The molecule has 1 atom stereocenters. The third-order valence-electron chi connectivity index (χ3n) is 4.84. The zero-order valence-corrected chi connectivity index (χ0v) is 16.7. The van der Waals surface area contributed by atoms with Gasteiger partial charge in [-0.05, 0) is 30.2 Å². The van der Waals surface area contributed by atoms with Gasteiger partial charge in [-0.25, -0.2) is 4.79 Å². The van der Waals surface area contributed by atoms with Crippen molar-refractivity contribution < 1.29 is 14.3 Å². The second-order valence-electron chi connectivity index (χ2n) is 7.06. The van der Waals surface area contributed by atoms with Gasteiger partial charge in [0.05, 0.1) is 13.2 Å². The molecule has 7 heteroatoms. The summed E-state index contributed by atoms with van der Waals surface area (Å²) in [6.07, 6.45) is 0. The first kappa shape index (κ1) is 20.8. The van der Waals surface area contributed by atoms with Crippen LogP contribution in [0.1, 0.15) is 18.1 Å². The molecule has 3 rings (SSSR count). The molecule has 0 aliphatic carbocycles. The third kappa shape index (κ3) is 6.58. The largest absolute Gasteiger partial charge is 0.379 e. The van der Waals surface area contributed by atoms with Gasteiger partial charge in [-0.15, -0.1) is 0 Å². The normalized spacial score (nSPS) is 15.3. The van der Waals surface area contributed by atoms with Gasteiger partial charge in [0, 0.05) is 31.9 Å². The van der Waals surface area contributed by atoms with Gasteiger partial charge in [0.1, 0.15) is 6.04 Å². The van der Waals surface area contributed by atoms with Gasteiger partial charge in [-0.2, -0.15) is 0 Å². The summed E-state index contributed by atoms with van der Waals surface area (Å²) >= 11 is 0. The van der Waals surface area contributed by atoms with E-state index >= 15 is 0 Å². The molecule has 1 saturated heterocycles. The summed E-state index contributed by atoms with van der Waals surface area (Å²) in [5, 5.41) is 8.29. The van der Waals surface area contributed by atoms with E-state index in [1.54, 1.807) is 19.1 Å². The molecule has 29 heavy (non-hydrogen) atoms. The molecule has 0 spiro atoms. The summed E-state index contributed by atoms with van der Waals surface area (Å²) < 4.78 is 5.40. The van der Waals surface area contributed by atoms with E-state index in [0.29, 0.717) is 12.2 Å². The van der Waals surface area contributed by atoms with Gasteiger partial charge < -0.3 is 20.7 Å². The number of carbonyl (C=O) groups excluding carboxylic acids is 2. The van der Waals surface area contributed by atoms with E-state index < -0.39 is 12.1 Å². The van der Waals surface area contributed by atoms with Crippen LogP contribution in [0.25, 0.3) is 0 Å². The van der Waals surface area contributed by atoms with Crippen LogP contribution in [-0.2, 0) is 22.6 Å². The Kier molecular flexibility index (Phi) is 7.61. The van der Waals surface area contributed by atoms with Crippen molar-refractivity contribution in [3.8, 4) is 0 Å². The maximum atomic E-state index is 12.4. The molecule has 154 valence electrons. The van der Waals surface area contributed by atoms with Crippen LogP contribution in [0, 0.1) is 0 Å². The number of amides is 3. The molecular weight excluding hydrogens is 368 g/mol. The predicted molar refractivity (Wildman–Crippen MR) is 112 cm³/mol. The quantitative estimate of drug-likeness (QED) is 0.671. The summed E-state index contributed by atoms with van der Waals surface area (Å²) in [6, 6.07) is 16.2. The molecule has 0 saturated carbocycles. The minimum Gasteiger partial charge on any atom is -0.379 e. The van der Waals surface area contributed by atoms with Crippen LogP contribution >= 0.6 is 0 Å². The highest BCUT2D eigenvalue weighted by molar-refractivity contribution is 5.93. The van der Waals surface area contributed by atoms with Gasteiger partial charge in [0.2, 0.25) is 5.91 Å². The van der Waals surface area contributed by atoms with E-state index in [1.165, 1.54) is 5.56 Å². The number of ether oxygens (including phenoxy) is 1. The Morgan fingerprint density at radius 3 is 2.38 bits per heavy atom. The second-order valence-corrected chi connectivity index (χ2v) is 7.06. The lowest BCUT2D eigenvalue weighted by atomic mass is 10.1. The molecule has 3 N–H and O–H groups in total. The van der Waals surface area contributed by atoms with Gasteiger partial charge >= 0.3 is 6.03 Å². The number of morpholine rings is 1. The van der Waals surface area contributed by atoms with Crippen molar-refractivity contribution in [2.24, 2.45) is 0 Å². The van der Waals surface area contributed by atoms with Crippen molar-refractivity contribution in [2.45, 2.75) is 26.1 Å². The minimum atomic E-state index is -0.648. The molecule has 1 aliphatic heterocycles. The van der Waals surface area contributed by atoms with Crippen LogP contribution in [0.4, 0.5) is 10.5 Å². The monoisotopic (exact) mass is 396 g/mol. The first-order valence-corrected chi connectivity index (χ1v) is 9.89. The van der Waals surface area contributed by atoms with Crippen LogP contribution in [0.5, 0.6) is 0 Å². The zero-order valence-electron chi connectivity index (χ0n) is 16.7. The molecule has 1 heterocycles. The maximum Gasteiger partial charge on any atom is 0.319 e. The van der Waals surface area contributed by atoms with E-state index in [2.05, 4.69) is 26.9 Å². The van der Waals surface area contributed by atoms with Crippen molar-refractivity contribution >= 4 is 17.6 Å². The first-order valence-electron chi connectivity index (χ1n) is 9.89. The summed E-state index contributed by atoms with van der Waals surface area (Å²) in [5.41, 5.74) is 2.94. The number of urea groups is 1. The highest BCUT2D eigenvalue weighted by atomic mass is 16.5. The number of carbonyl (C=O) groups is 2. The number of anilines is 1. The Bertz CT molecular complexity index is 807. The lowest BCUT2D eigenvalue weighted by Crippen LogP contribution is -2.46. The summed E-state index contributed by atoms with van der Waals surface area (Å²) in [7, 11) is 0. The Hall–Kier alpha value is -2.90. The van der Waals surface area contributed by atoms with Crippen molar-refractivity contribution in [3.05, 3.63) is 65.7 Å². The van der Waals surface area contributed by atoms with E-state index in [1.807, 2.05) is 36.4 Å². The first-order chi connectivity index (χ1) is 14.1. The van der Waals surface area contributed by atoms with Crippen LogP contribution in [-0.4, -0.2) is 49.2 Å². The van der Waals surface area contributed by atoms with Crippen molar-refractivity contribution in [2.75, 3.05) is 31.6 Å². The summed E-state index contributed by atoms with van der Waals surface area (Å²) in [6.45, 7) is 6.27. The number of para-hydroxylation sites is 1. The fraction of sp³-hybridized carbons (Fsp3) is 0.364. The molecule has 0 aromatic heterocycles. The molecule has 3 amide bonds. The molecular formula is C22H28N4O3. The van der Waals surface area contributed by atoms with Crippen LogP contribution in [0.3, 0.4) is 0 Å². The van der Waals surface area contributed by atoms with Crippen molar-refractivity contribution in [1.29, 1.82) is 0 Å². The third-order valence-corrected chi connectivity index (χ3v) is 4.84. The van der Waals surface area contributed by atoms with Gasteiger partial charge in [0.15, 0.2) is 0 Å². The van der Waals surface area contributed by atoms with Gasteiger partial charge in [-0.1, -0.05) is 42.5 Å². The molecule has 0 bridgehead atoms. The Morgan fingerprint density at radius 1 is 1.00 bits per heavy atom. The number of hydrogen-bond donors (Lipinski definition) is 3. The fourth-order valence-electron chi connectivity index (χ4n) is 3.17. The van der Waals surface area contributed by atoms with Crippen molar-refractivity contribution in [1.82, 2.24) is 15.5 Å². The highest BCUT2D eigenvalue weighted by Gasteiger charge is 2.17. The summed E-state index contributed by atoms with van der Waals surface area (Å²) in [4.78, 5) is 26.8. The minimum absolute atomic E-state index is 0.227. The number of nitrogens with one attached hydrogen (secondary N) is 3. The number of hydrogen-bond acceptors (Lipinski definition) is 4. The van der Waals surface area contributed by atoms with Crippen molar-refractivity contribution in [3.63, 3.8) is 0 Å². The van der Waals surface area contributed by atoms with Crippen LogP contribution in [0.15, 0.2) is 54.6 Å². The molecule has 0 radical (unpaired) electrons.